The van der Waals surface area contributed by atoms with Crippen molar-refractivity contribution in [3.8, 4) is 11.3 Å². The Kier molecular flexibility index (Phi) is 6.73. The van der Waals surface area contributed by atoms with E-state index in [9.17, 15) is 4.79 Å². The number of nitrogen functional groups attached to an aromatic ring is 1. The average Bonchev–Trinajstić information content (AvgIpc) is 3.56. The van der Waals surface area contributed by atoms with E-state index in [4.69, 9.17) is 15.5 Å². The number of aromatic nitrogens is 3. The Balaban J connectivity index is 1.10. The molecule has 3 heterocycles. The third-order valence-electron chi connectivity index (χ3n) is 7.09. The normalized spacial score (nSPS) is 17.9. The molecule has 0 saturated carbocycles. The van der Waals surface area contributed by atoms with Gasteiger partial charge in [-0.05, 0) is 49.1 Å². The molecule has 9 heteroatoms. The van der Waals surface area contributed by atoms with Gasteiger partial charge in [-0.3, -0.25) is 15.0 Å². The summed E-state index contributed by atoms with van der Waals surface area (Å²) in [7, 11) is 0. The smallest absolute Gasteiger partial charge is 0.257 e. The van der Waals surface area contributed by atoms with Crippen LogP contribution in [0.15, 0.2) is 61.1 Å². The number of nitrogens with two attached hydrogens (primary N) is 1. The molecule has 2 aromatic heterocycles. The summed E-state index contributed by atoms with van der Waals surface area (Å²) in [5.41, 5.74) is 11.2. The maximum atomic E-state index is 13.1. The number of fused-ring (bicyclic) bond motifs is 1. The minimum absolute atomic E-state index is 0.133. The molecule has 2 aromatic carbocycles. The number of ether oxygens (including phenoxy) is 1. The van der Waals surface area contributed by atoms with Crippen molar-refractivity contribution < 1.29 is 9.53 Å². The summed E-state index contributed by atoms with van der Waals surface area (Å²) in [6.07, 6.45) is 6.88. The van der Waals surface area contributed by atoms with E-state index in [1.165, 1.54) is 4.88 Å². The van der Waals surface area contributed by atoms with Gasteiger partial charge >= 0.3 is 0 Å². The number of nitrogens with one attached hydrogen (secondary N) is 1. The van der Waals surface area contributed by atoms with Crippen LogP contribution in [0.5, 0.6) is 0 Å². The summed E-state index contributed by atoms with van der Waals surface area (Å²) in [6.45, 7) is 4.26. The Bertz CT molecular complexity index is 1390. The lowest BCUT2D eigenvalue weighted by atomic mass is 9.96. The van der Waals surface area contributed by atoms with Crippen LogP contribution in [0.1, 0.15) is 32.9 Å². The molecule has 1 aliphatic carbocycles. The fraction of sp³-hybridized carbons (Fsp3) is 0.321. The predicted molar refractivity (Wildman–Crippen MR) is 146 cm³/mol. The molecule has 1 amide bonds. The van der Waals surface area contributed by atoms with Gasteiger partial charge in [-0.2, -0.15) is 0 Å². The maximum Gasteiger partial charge on any atom is 0.257 e. The molecule has 8 nitrogen and oxygen atoms in total. The molecule has 0 unspecified atom stereocenters. The van der Waals surface area contributed by atoms with E-state index in [0.29, 0.717) is 23.3 Å². The first kappa shape index (κ1) is 23.8. The average molecular weight is 515 g/mol. The maximum absolute atomic E-state index is 13.1. The van der Waals surface area contributed by atoms with Crippen LogP contribution in [0, 0.1) is 0 Å². The number of imidazole rings is 1. The van der Waals surface area contributed by atoms with E-state index in [-0.39, 0.29) is 5.91 Å². The van der Waals surface area contributed by atoms with E-state index >= 15 is 0 Å². The summed E-state index contributed by atoms with van der Waals surface area (Å²) >= 11 is 1.61. The lowest BCUT2D eigenvalue weighted by Gasteiger charge is -2.36. The van der Waals surface area contributed by atoms with Crippen LogP contribution in [0.3, 0.4) is 0 Å². The third-order valence-corrected chi connectivity index (χ3v) is 8.13. The lowest BCUT2D eigenvalue weighted by molar-refractivity contribution is 0.0139. The molecule has 37 heavy (non-hydrogen) atoms. The van der Waals surface area contributed by atoms with E-state index in [2.05, 4.69) is 15.2 Å². The highest BCUT2D eigenvalue weighted by molar-refractivity contribution is 7.15. The van der Waals surface area contributed by atoms with E-state index in [0.717, 1.165) is 73.8 Å². The van der Waals surface area contributed by atoms with Crippen LogP contribution < -0.4 is 11.1 Å². The number of aryl methyl sites for hydroxylation is 1. The zero-order valence-corrected chi connectivity index (χ0v) is 21.4. The van der Waals surface area contributed by atoms with Gasteiger partial charge in [-0.25, -0.2) is 9.97 Å². The lowest BCUT2D eigenvalue weighted by Crippen LogP contribution is -2.45. The Labute approximate surface area is 220 Å². The molecule has 1 atom stereocenters. The number of amides is 1. The van der Waals surface area contributed by atoms with Crippen molar-refractivity contribution in [1.29, 1.82) is 0 Å². The highest BCUT2D eigenvalue weighted by Gasteiger charge is 2.28. The molecule has 1 aliphatic heterocycles. The van der Waals surface area contributed by atoms with Gasteiger partial charge in [-0.1, -0.05) is 24.3 Å². The summed E-state index contributed by atoms with van der Waals surface area (Å²) in [5, 5.41) is 3.72. The first-order chi connectivity index (χ1) is 18.1. The van der Waals surface area contributed by atoms with Gasteiger partial charge in [0.2, 0.25) is 0 Å². The van der Waals surface area contributed by atoms with Crippen molar-refractivity contribution in [2.45, 2.75) is 31.8 Å². The van der Waals surface area contributed by atoms with Crippen molar-refractivity contribution in [3.05, 3.63) is 82.8 Å². The molecule has 4 aromatic rings. The fourth-order valence-corrected chi connectivity index (χ4v) is 6.18. The summed E-state index contributed by atoms with van der Waals surface area (Å²) in [6, 6.07) is 15.9. The van der Waals surface area contributed by atoms with Crippen molar-refractivity contribution in [2.24, 2.45) is 0 Å². The molecule has 3 N–H and O–H groups in total. The molecule has 2 aliphatic rings. The molecular formula is C28H30N6O2S. The zero-order valence-electron chi connectivity index (χ0n) is 20.6. The number of thiazole rings is 1. The Morgan fingerprint density at radius 1 is 1.16 bits per heavy atom. The van der Waals surface area contributed by atoms with E-state index in [1.807, 2.05) is 65.6 Å². The first-order valence-electron chi connectivity index (χ1n) is 12.7. The molecule has 1 saturated heterocycles. The van der Waals surface area contributed by atoms with Crippen LogP contribution in [0.2, 0.25) is 0 Å². The number of anilines is 2. The van der Waals surface area contributed by atoms with Crippen molar-refractivity contribution in [2.75, 3.05) is 37.4 Å². The Morgan fingerprint density at radius 2 is 2.00 bits per heavy atom. The molecule has 0 spiro atoms. The molecule has 0 radical (unpaired) electrons. The van der Waals surface area contributed by atoms with Crippen LogP contribution in [-0.4, -0.2) is 57.7 Å². The van der Waals surface area contributed by atoms with Gasteiger partial charge < -0.3 is 15.0 Å². The van der Waals surface area contributed by atoms with Crippen molar-refractivity contribution in [1.82, 2.24) is 19.4 Å². The highest BCUT2D eigenvalue weighted by Crippen LogP contribution is 2.32. The third kappa shape index (κ3) is 5.44. The number of nitrogens with zero attached hydrogens (tertiary/aromatic N) is 4. The number of morpholine rings is 1. The molecule has 190 valence electrons. The Morgan fingerprint density at radius 3 is 2.84 bits per heavy atom. The molecule has 1 fully saturated rings. The molecular weight excluding hydrogens is 484 g/mol. The topological polar surface area (TPSA) is 98.3 Å². The summed E-state index contributed by atoms with van der Waals surface area (Å²) in [4.78, 5) is 26.2. The van der Waals surface area contributed by atoms with Crippen LogP contribution >= 0.6 is 11.3 Å². The predicted octanol–water partition coefficient (Wildman–Crippen LogP) is 4.08. The molecule has 0 bridgehead atoms. The number of carbonyl (C=O) groups is 1. The van der Waals surface area contributed by atoms with Crippen LogP contribution in [0.25, 0.3) is 11.3 Å². The van der Waals surface area contributed by atoms with Gasteiger partial charge in [0, 0.05) is 53.6 Å². The second-order valence-electron chi connectivity index (χ2n) is 9.64. The highest BCUT2D eigenvalue weighted by atomic mass is 32.1. The van der Waals surface area contributed by atoms with Gasteiger partial charge in [0.15, 0.2) is 5.13 Å². The number of hydrogen-bond donors (Lipinski definition) is 2. The van der Waals surface area contributed by atoms with Gasteiger partial charge in [-0.15, -0.1) is 11.3 Å². The first-order valence-corrected chi connectivity index (χ1v) is 13.5. The summed E-state index contributed by atoms with van der Waals surface area (Å²) in [5.74, 6) is -0.133. The van der Waals surface area contributed by atoms with Crippen molar-refractivity contribution >= 4 is 28.1 Å². The fourth-order valence-electron chi connectivity index (χ4n) is 5.11. The molecule has 6 rings (SSSR count). The van der Waals surface area contributed by atoms with Crippen molar-refractivity contribution in [3.63, 3.8) is 0 Å². The quantitative estimate of drug-likeness (QED) is 0.376. The van der Waals surface area contributed by atoms with E-state index < -0.39 is 0 Å². The summed E-state index contributed by atoms with van der Waals surface area (Å²) < 4.78 is 7.52. The monoisotopic (exact) mass is 514 g/mol. The minimum atomic E-state index is -0.133. The van der Waals surface area contributed by atoms with Crippen LogP contribution in [0.4, 0.5) is 10.8 Å². The number of carbonyl (C=O) groups excluding carboxylic acids is 1. The van der Waals surface area contributed by atoms with Gasteiger partial charge in [0.25, 0.3) is 5.91 Å². The largest absolute Gasteiger partial charge is 0.399 e. The van der Waals surface area contributed by atoms with E-state index in [1.54, 1.807) is 11.3 Å². The second kappa shape index (κ2) is 10.5. The van der Waals surface area contributed by atoms with Gasteiger partial charge in [0.1, 0.15) is 0 Å². The number of rotatable bonds is 6. The zero-order chi connectivity index (χ0) is 25.2. The Hall–Kier alpha value is -3.53. The number of hydrogen-bond acceptors (Lipinski definition) is 7. The minimum Gasteiger partial charge on any atom is -0.399 e. The second-order valence-corrected chi connectivity index (χ2v) is 10.7. The standard InChI is InChI=1S/C28H30N6O2S/c29-22-6-4-20(5-7-22)25-17-33(18-30-25)16-19-2-1-3-21(14-19)27(35)32-28-31-24-9-8-23(15-26(24)37-28)34-10-12-36-13-11-34/h1-7,14,17-18,23H,8-13,15-16,29H2,(H,31,32,35)/t23-/m0/s1. The SMILES string of the molecule is Nc1ccc(-c2cn(Cc3cccc(C(=O)Nc4nc5c(s4)C[C@@H](N4CCOCC4)CC5)c3)cn2)cc1. The van der Waals surface area contributed by atoms with Gasteiger partial charge in [0.05, 0.1) is 30.9 Å². The number of benzene rings is 2. The van der Waals surface area contributed by atoms with Crippen LogP contribution in [-0.2, 0) is 24.1 Å².